The van der Waals surface area contributed by atoms with E-state index in [9.17, 15) is 0 Å². The Bertz CT molecular complexity index is 371. The lowest BCUT2D eigenvalue weighted by atomic mass is 10.3. The molecule has 1 aromatic heterocycles. The van der Waals surface area contributed by atoms with Gasteiger partial charge < -0.3 is 4.90 Å². The smallest absolute Gasteiger partial charge is 0.137 e. The predicted octanol–water partition coefficient (Wildman–Crippen LogP) is 3.19. The van der Waals surface area contributed by atoms with Crippen molar-refractivity contribution in [2.24, 2.45) is 0 Å². The summed E-state index contributed by atoms with van der Waals surface area (Å²) in [5.74, 6) is 2.89. The molecular formula is C12H20ClN3S. The van der Waals surface area contributed by atoms with Crippen LogP contribution >= 0.6 is 23.4 Å². The SMILES string of the molecule is CCCc1nc(Cl)c(C)c(N(C)CCSC)n1. The number of aromatic nitrogens is 2. The van der Waals surface area contributed by atoms with Crippen molar-refractivity contribution < 1.29 is 0 Å². The van der Waals surface area contributed by atoms with Crippen LogP contribution in [0.4, 0.5) is 5.82 Å². The number of halogens is 1. The van der Waals surface area contributed by atoms with Gasteiger partial charge in [0, 0.05) is 31.3 Å². The minimum absolute atomic E-state index is 0.578. The van der Waals surface area contributed by atoms with E-state index in [0.717, 1.165) is 42.3 Å². The summed E-state index contributed by atoms with van der Waals surface area (Å²) in [7, 11) is 2.05. The van der Waals surface area contributed by atoms with Gasteiger partial charge in [-0.3, -0.25) is 0 Å². The molecule has 0 fully saturated rings. The van der Waals surface area contributed by atoms with Crippen LogP contribution in [-0.4, -0.2) is 35.6 Å². The van der Waals surface area contributed by atoms with E-state index in [1.165, 1.54) is 0 Å². The van der Waals surface area contributed by atoms with E-state index < -0.39 is 0 Å². The molecule has 17 heavy (non-hydrogen) atoms. The molecule has 0 aliphatic carbocycles. The summed E-state index contributed by atoms with van der Waals surface area (Å²) >= 11 is 7.98. The Hall–Kier alpha value is -0.480. The lowest BCUT2D eigenvalue weighted by Crippen LogP contribution is -2.23. The second kappa shape index (κ2) is 7.07. The zero-order valence-electron chi connectivity index (χ0n) is 11.0. The van der Waals surface area contributed by atoms with Crippen molar-refractivity contribution in [1.82, 2.24) is 9.97 Å². The fourth-order valence-corrected chi connectivity index (χ4v) is 2.20. The molecular weight excluding hydrogens is 254 g/mol. The van der Waals surface area contributed by atoms with Crippen LogP contribution < -0.4 is 4.90 Å². The van der Waals surface area contributed by atoms with Crippen LogP contribution in [0.3, 0.4) is 0 Å². The van der Waals surface area contributed by atoms with Crippen LogP contribution in [-0.2, 0) is 6.42 Å². The van der Waals surface area contributed by atoms with Gasteiger partial charge in [0.1, 0.15) is 16.8 Å². The van der Waals surface area contributed by atoms with Gasteiger partial charge in [0.25, 0.3) is 0 Å². The maximum Gasteiger partial charge on any atom is 0.137 e. The van der Waals surface area contributed by atoms with Crippen molar-refractivity contribution in [2.75, 3.05) is 30.5 Å². The second-order valence-electron chi connectivity index (χ2n) is 4.04. The molecule has 5 heteroatoms. The van der Waals surface area contributed by atoms with Gasteiger partial charge in [-0.2, -0.15) is 11.8 Å². The van der Waals surface area contributed by atoms with Gasteiger partial charge in [0.15, 0.2) is 0 Å². The Morgan fingerprint density at radius 2 is 2.06 bits per heavy atom. The first-order valence-electron chi connectivity index (χ1n) is 5.83. The van der Waals surface area contributed by atoms with Crippen LogP contribution in [0.25, 0.3) is 0 Å². The quantitative estimate of drug-likeness (QED) is 0.745. The lowest BCUT2D eigenvalue weighted by molar-refractivity contribution is 0.814. The summed E-state index contributed by atoms with van der Waals surface area (Å²) in [5, 5.41) is 0.578. The van der Waals surface area contributed by atoms with Crippen molar-refractivity contribution in [2.45, 2.75) is 26.7 Å². The summed E-state index contributed by atoms with van der Waals surface area (Å²) < 4.78 is 0. The summed E-state index contributed by atoms with van der Waals surface area (Å²) in [5.41, 5.74) is 0.968. The molecule has 1 aromatic rings. The molecule has 0 radical (unpaired) electrons. The van der Waals surface area contributed by atoms with Gasteiger partial charge in [-0.15, -0.1) is 0 Å². The van der Waals surface area contributed by atoms with Gasteiger partial charge in [0.2, 0.25) is 0 Å². The highest BCUT2D eigenvalue weighted by molar-refractivity contribution is 7.98. The standard InChI is InChI=1S/C12H20ClN3S/c1-5-6-10-14-11(13)9(2)12(15-10)16(3)7-8-17-4/h5-8H2,1-4H3. The highest BCUT2D eigenvalue weighted by Gasteiger charge is 2.12. The largest absolute Gasteiger partial charge is 0.358 e. The van der Waals surface area contributed by atoms with Crippen LogP contribution in [0, 0.1) is 6.92 Å². The number of thioether (sulfide) groups is 1. The van der Waals surface area contributed by atoms with Crippen molar-refractivity contribution in [3.63, 3.8) is 0 Å². The van der Waals surface area contributed by atoms with Gasteiger partial charge in [-0.05, 0) is 19.6 Å². The topological polar surface area (TPSA) is 29.0 Å². The fourth-order valence-electron chi connectivity index (χ4n) is 1.56. The fraction of sp³-hybridized carbons (Fsp3) is 0.667. The van der Waals surface area contributed by atoms with E-state index in [1.54, 1.807) is 0 Å². The monoisotopic (exact) mass is 273 g/mol. The van der Waals surface area contributed by atoms with Crippen LogP contribution in [0.15, 0.2) is 0 Å². The van der Waals surface area contributed by atoms with Crippen LogP contribution in [0.1, 0.15) is 24.7 Å². The van der Waals surface area contributed by atoms with E-state index in [-0.39, 0.29) is 0 Å². The van der Waals surface area contributed by atoms with E-state index in [4.69, 9.17) is 11.6 Å². The maximum atomic E-state index is 6.15. The van der Waals surface area contributed by atoms with E-state index >= 15 is 0 Å². The zero-order chi connectivity index (χ0) is 12.8. The molecule has 0 N–H and O–H groups in total. The van der Waals surface area contributed by atoms with Gasteiger partial charge in [0.05, 0.1) is 0 Å². The molecule has 3 nitrogen and oxygen atoms in total. The summed E-state index contributed by atoms with van der Waals surface area (Å²) in [6.45, 7) is 5.07. The molecule has 0 saturated heterocycles. The Morgan fingerprint density at radius 1 is 1.35 bits per heavy atom. The molecule has 0 atom stereocenters. The Labute approximate surface area is 113 Å². The third-order valence-electron chi connectivity index (χ3n) is 2.57. The normalized spacial score (nSPS) is 10.6. The van der Waals surface area contributed by atoms with Crippen molar-refractivity contribution in [3.8, 4) is 0 Å². The molecule has 1 heterocycles. The van der Waals surface area contributed by atoms with E-state index in [1.807, 2.05) is 18.7 Å². The second-order valence-corrected chi connectivity index (χ2v) is 5.39. The number of nitrogens with zero attached hydrogens (tertiary/aromatic N) is 3. The first-order chi connectivity index (χ1) is 8.10. The van der Waals surface area contributed by atoms with Crippen LogP contribution in [0.5, 0.6) is 0 Å². The first-order valence-corrected chi connectivity index (χ1v) is 7.60. The first kappa shape index (κ1) is 14.6. The van der Waals surface area contributed by atoms with Gasteiger partial charge in [-0.1, -0.05) is 18.5 Å². The molecule has 1 rings (SSSR count). The average Bonchev–Trinajstić information content (AvgIpc) is 2.30. The van der Waals surface area contributed by atoms with E-state index in [2.05, 4.69) is 35.1 Å². The molecule has 0 unspecified atom stereocenters. The zero-order valence-corrected chi connectivity index (χ0v) is 12.5. The Balaban J connectivity index is 2.95. The maximum absolute atomic E-state index is 6.15. The number of hydrogen-bond donors (Lipinski definition) is 0. The number of anilines is 1. The van der Waals surface area contributed by atoms with Crippen molar-refractivity contribution >= 4 is 29.2 Å². The van der Waals surface area contributed by atoms with Gasteiger partial charge >= 0.3 is 0 Å². The molecule has 0 saturated carbocycles. The predicted molar refractivity (Wildman–Crippen MR) is 77.4 cm³/mol. The third-order valence-corrected chi connectivity index (χ3v) is 3.53. The lowest BCUT2D eigenvalue weighted by Gasteiger charge is -2.20. The minimum Gasteiger partial charge on any atom is -0.358 e. The Morgan fingerprint density at radius 3 is 2.65 bits per heavy atom. The molecule has 0 aromatic carbocycles. The summed E-state index contributed by atoms with van der Waals surface area (Å²) in [6.07, 6.45) is 4.02. The van der Waals surface area contributed by atoms with Crippen molar-refractivity contribution in [3.05, 3.63) is 16.5 Å². The molecule has 0 amide bonds. The molecule has 0 spiro atoms. The van der Waals surface area contributed by atoms with Crippen LogP contribution in [0.2, 0.25) is 5.15 Å². The molecule has 96 valence electrons. The summed E-state index contributed by atoms with van der Waals surface area (Å²) in [6, 6.07) is 0. The summed E-state index contributed by atoms with van der Waals surface area (Å²) in [4.78, 5) is 11.1. The highest BCUT2D eigenvalue weighted by atomic mass is 35.5. The van der Waals surface area contributed by atoms with Gasteiger partial charge in [-0.25, -0.2) is 9.97 Å². The Kier molecular flexibility index (Phi) is 6.06. The molecule has 0 aliphatic rings. The van der Waals surface area contributed by atoms with E-state index in [0.29, 0.717) is 5.15 Å². The number of hydrogen-bond acceptors (Lipinski definition) is 4. The minimum atomic E-state index is 0.578. The molecule has 0 bridgehead atoms. The number of aryl methyl sites for hydroxylation is 1. The highest BCUT2D eigenvalue weighted by Crippen LogP contribution is 2.23. The average molecular weight is 274 g/mol. The third kappa shape index (κ3) is 4.03. The van der Waals surface area contributed by atoms with Crippen molar-refractivity contribution in [1.29, 1.82) is 0 Å². The number of rotatable bonds is 6. The molecule has 0 aliphatic heterocycles.